The minimum Gasteiger partial charge on any atom is -0.497 e. The van der Waals surface area contributed by atoms with Crippen molar-refractivity contribution in [3.63, 3.8) is 0 Å². The van der Waals surface area contributed by atoms with Gasteiger partial charge < -0.3 is 19.5 Å². The highest BCUT2D eigenvalue weighted by molar-refractivity contribution is 7.80. The predicted molar refractivity (Wildman–Crippen MR) is 150 cm³/mol. The lowest BCUT2D eigenvalue weighted by Crippen LogP contribution is -2.29. The Morgan fingerprint density at radius 1 is 0.917 bits per heavy atom. The Morgan fingerprint density at radius 2 is 1.67 bits per heavy atom. The monoisotopic (exact) mass is 496 g/mol. The van der Waals surface area contributed by atoms with Gasteiger partial charge in [0.1, 0.15) is 5.75 Å². The number of pyridine rings is 1. The second-order valence-electron chi connectivity index (χ2n) is 9.61. The van der Waals surface area contributed by atoms with E-state index in [-0.39, 0.29) is 12.1 Å². The van der Waals surface area contributed by atoms with Crippen molar-refractivity contribution in [2.45, 2.75) is 46.7 Å². The number of hydrogen-bond acceptors (Lipinski definition) is 3. The Bertz CT molecular complexity index is 1420. The lowest BCUT2D eigenvalue weighted by Gasteiger charge is -2.28. The summed E-state index contributed by atoms with van der Waals surface area (Å²) in [5.41, 5.74) is 10.6. The molecule has 1 N–H and O–H groups in total. The predicted octanol–water partition coefficient (Wildman–Crippen LogP) is 6.60. The van der Waals surface area contributed by atoms with Crippen molar-refractivity contribution < 1.29 is 4.74 Å². The van der Waals surface area contributed by atoms with Gasteiger partial charge in [0.25, 0.3) is 0 Å². The van der Waals surface area contributed by atoms with Gasteiger partial charge in [-0.05, 0) is 93.9 Å². The number of aryl methyl sites for hydroxylation is 4. The van der Waals surface area contributed by atoms with Crippen LogP contribution in [0.3, 0.4) is 0 Å². The van der Waals surface area contributed by atoms with E-state index in [1.165, 1.54) is 39.3 Å². The van der Waals surface area contributed by atoms with E-state index in [4.69, 9.17) is 21.9 Å². The van der Waals surface area contributed by atoms with Gasteiger partial charge >= 0.3 is 0 Å². The first-order chi connectivity index (χ1) is 17.3. The highest BCUT2D eigenvalue weighted by Gasteiger charge is 2.42. The van der Waals surface area contributed by atoms with Crippen LogP contribution >= 0.6 is 12.2 Å². The number of thiocarbonyl (C=S) groups is 1. The molecule has 1 aliphatic rings. The van der Waals surface area contributed by atoms with Gasteiger partial charge in [0, 0.05) is 29.3 Å². The normalized spacial score (nSPS) is 17.4. The molecule has 0 saturated carbocycles. The average molecular weight is 497 g/mol. The van der Waals surface area contributed by atoms with Crippen LogP contribution in [-0.4, -0.2) is 21.8 Å². The second kappa shape index (κ2) is 9.43. The molecule has 0 radical (unpaired) electrons. The van der Waals surface area contributed by atoms with Crippen molar-refractivity contribution in [2.75, 3.05) is 12.0 Å². The first-order valence-corrected chi connectivity index (χ1v) is 12.6. The number of ether oxygens (including phenoxy) is 1. The van der Waals surface area contributed by atoms with Gasteiger partial charge in [0.2, 0.25) is 0 Å². The number of hydrogen-bond donors (Lipinski definition) is 1. The third-order valence-corrected chi connectivity index (χ3v) is 7.39. The van der Waals surface area contributed by atoms with E-state index in [1.807, 2.05) is 36.5 Å². The van der Waals surface area contributed by atoms with Crippen molar-refractivity contribution in [3.8, 4) is 11.4 Å². The lowest BCUT2D eigenvalue weighted by molar-refractivity contribution is 0.415. The number of nitrogens with one attached hydrogen (secondary N) is 1. The Morgan fingerprint density at radius 3 is 2.33 bits per heavy atom. The van der Waals surface area contributed by atoms with Crippen LogP contribution in [0.1, 0.15) is 51.4 Å². The molecule has 6 heteroatoms. The molecule has 3 heterocycles. The van der Waals surface area contributed by atoms with E-state index in [1.54, 1.807) is 7.11 Å². The molecule has 184 valence electrons. The lowest BCUT2D eigenvalue weighted by atomic mass is 9.96. The van der Waals surface area contributed by atoms with Gasteiger partial charge in [-0.1, -0.05) is 29.8 Å². The maximum atomic E-state index is 5.93. The average Bonchev–Trinajstić information content (AvgIpc) is 3.35. The molecule has 0 bridgehead atoms. The molecular weight excluding hydrogens is 464 g/mol. The minimum absolute atomic E-state index is 0.0782. The molecule has 2 aromatic carbocycles. The molecule has 1 fully saturated rings. The van der Waals surface area contributed by atoms with Crippen LogP contribution in [0.5, 0.6) is 5.75 Å². The quantitative estimate of drug-likeness (QED) is 0.315. The standard InChI is InChI=1S/C30H32N4OS/c1-18-14-19(2)28(20(3)15-18)33-21(4)16-25(22(33)5)29-27(26-12-7-8-13-31-26)32-30(36)34(29)23-10-9-11-24(17-23)35-6/h7-17,27,29H,1-6H3,(H,32,36)/t27-,29-/m1/s1. The molecule has 5 rings (SSSR count). The number of aromatic nitrogens is 2. The smallest absolute Gasteiger partial charge is 0.174 e. The van der Waals surface area contributed by atoms with Gasteiger partial charge in [0.15, 0.2) is 5.11 Å². The molecule has 36 heavy (non-hydrogen) atoms. The highest BCUT2D eigenvalue weighted by atomic mass is 32.1. The van der Waals surface area contributed by atoms with E-state index in [0.717, 1.165) is 17.1 Å². The fraction of sp³-hybridized carbons (Fsp3) is 0.267. The molecule has 0 amide bonds. The fourth-order valence-corrected chi connectivity index (χ4v) is 6.01. The van der Waals surface area contributed by atoms with Crippen LogP contribution < -0.4 is 15.0 Å². The Labute approximate surface area is 218 Å². The van der Waals surface area contributed by atoms with E-state index >= 15 is 0 Å². The number of benzene rings is 2. The maximum absolute atomic E-state index is 5.93. The van der Waals surface area contributed by atoms with Crippen molar-refractivity contribution >= 4 is 23.0 Å². The maximum Gasteiger partial charge on any atom is 0.174 e. The van der Waals surface area contributed by atoms with Gasteiger partial charge in [-0.25, -0.2) is 0 Å². The molecule has 1 aliphatic heterocycles. The van der Waals surface area contributed by atoms with Crippen LogP contribution in [0, 0.1) is 34.6 Å². The molecule has 0 spiro atoms. The molecule has 1 saturated heterocycles. The number of methoxy groups -OCH3 is 1. The third kappa shape index (κ3) is 4.05. The van der Waals surface area contributed by atoms with E-state index in [0.29, 0.717) is 5.11 Å². The zero-order valence-corrected chi connectivity index (χ0v) is 22.5. The van der Waals surface area contributed by atoms with Crippen molar-refractivity contribution in [2.24, 2.45) is 0 Å². The highest BCUT2D eigenvalue weighted by Crippen LogP contribution is 2.44. The zero-order chi connectivity index (χ0) is 25.6. The van der Waals surface area contributed by atoms with E-state index < -0.39 is 0 Å². The van der Waals surface area contributed by atoms with Crippen LogP contribution in [-0.2, 0) is 0 Å². The molecule has 0 unspecified atom stereocenters. The van der Waals surface area contributed by atoms with Crippen molar-refractivity contribution in [1.82, 2.24) is 14.9 Å². The summed E-state index contributed by atoms with van der Waals surface area (Å²) in [5, 5.41) is 4.25. The van der Waals surface area contributed by atoms with Gasteiger partial charge in [-0.15, -0.1) is 0 Å². The van der Waals surface area contributed by atoms with Crippen molar-refractivity contribution in [1.29, 1.82) is 0 Å². The fourth-order valence-electron chi connectivity index (χ4n) is 5.67. The number of nitrogens with zero attached hydrogens (tertiary/aromatic N) is 3. The van der Waals surface area contributed by atoms with E-state index in [2.05, 4.69) is 79.7 Å². The summed E-state index contributed by atoms with van der Waals surface area (Å²) >= 11 is 5.93. The largest absolute Gasteiger partial charge is 0.497 e. The first-order valence-electron chi connectivity index (χ1n) is 12.2. The summed E-state index contributed by atoms with van der Waals surface area (Å²) in [6, 6.07) is 20.8. The van der Waals surface area contributed by atoms with Crippen LogP contribution in [0.25, 0.3) is 5.69 Å². The summed E-state index contributed by atoms with van der Waals surface area (Å²) in [5.74, 6) is 0.798. The number of anilines is 1. The molecular formula is C30H32N4OS. The Kier molecular flexibility index (Phi) is 6.31. The van der Waals surface area contributed by atoms with Gasteiger partial charge in [-0.3, -0.25) is 4.98 Å². The summed E-state index contributed by atoms with van der Waals surface area (Å²) < 4.78 is 7.92. The van der Waals surface area contributed by atoms with Gasteiger partial charge in [0.05, 0.1) is 30.6 Å². The SMILES string of the molecule is COc1cccc(N2C(=S)N[C@H](c3ccccn3)[C@H]2c2cc(C)n(-c3c(C)cc(C)cc3C)c2C)c1. The molecule has 0 aliphatic carbocycles. The summed E-state index contributed by atoms with van der Waals surface area (Å²) in [6.07, 6.45) is 1.84. The first kappa shape index (κ1) is 24.1. The molecule has 4 aromatic rings. The van der Waals surface area contributed by atoms with Crippen molar-refractivity contribution in [3.05, 3.63) is 106 Å². The Balaban J connectivity index is 1.71. The second-order valence-corrected chi connectivity index (χ2v) is 9.99. The van der Waals surface area contributed by atoms with E-state index in [9.17, 15) is 0 Å². The molecule has 2 atom stereocenters. The topological polar surface area (TPSA) is 42.3 Å². The molecule has 2 aromatic heterocycles. The van der Waals surface area contributed by atoms with Crippen LogP contribution in [0.15, 0.2) is 66.9 Å². The number of rotatable bonds is 5. The molecule has 5 nitrogen and oxygen atoms in total. The summed E-state index contributed by atoms with van der Waals surface area (Å²) in [7, 11) is 1.69. The zero-order valence-electron chi connectivity index (χ0n) is 21.7. The minimum atomic E-state index is -0.0981. The third-order valence-electron chi connectivity index (χ3n) is 7.08. The van der Waals surface area contributed by atoms with Crippen LogP contribution in [0.2, 0.25) is 0 Å². The van der Waals surface area contributed by atoms with Crippen LogP contribution in [0.4, 0.5) is 5.69 Å². The van der Waals surface area contributed by atoms with Gasteiger partial charge in [-0.2, -0.15) is 0 Å². The summed E-state index contributed by atoms with van der Waals surface area (Å²) in [6.45, 7) is 10.9. The Hall–Kier alpha value is -3.64. The summed E-state index contributed by atoms with van der Waals surface area (Å²) in [4.78, 5) is 6.91.